The van der Waals surface area contributed by atoms with Gasteiger partial charge in [-0.1, -0.05) is 17.7 Å². The molecule has 0 fully saturated rings. The van der Waals surface area contributed by atoms with Gasteiger partial charge in [0.05, 0.1) is 5.69 Å². The van der Waals surface area contributed by atoms with E-state index in [2.05, 4.69) is 38.0 Å². The molecule has 0 spiro atoms. The van der Waals surface area contributed by atoms with Crippen LogP contribution in [0, 0.1) is 6.92 Å². The minimum Gasteiger partial charge on any atom is -0.457 e. The first-order valence-corrected chi connectivity index (χ1v) is 6.87. The molecule has 0 aliphatic heterocycles. The fourth-order valence-corrected chi connectivity index (χ4v) is 1.71. The Morgan fingerprint density at radius 3 is 2.40 bits per heavy atom. The molecule has 2 rings (SSSR count). The van der Waals surface area contributed by atoms with Crippen molar-refractivity contribution in [3.63, 3.8) is 0 Å². The third-order valence-electron chi connectivity index (χ3n) is 2.84. The van der Waals surface area contributed by atoms with Gasteiger partial charge in [-0.3, -0.25) is 4.98 Å². The normalized spacial score (nSPS) is 11.4. The summed E-state index contributed by atoms with van der Waals surface area (Å²) in [4.78, 5) is 4.36. The van der Waals surface area contributed by atoms with Crippen molar-refractivity contribution in [2.45, 2.75) is 39.8 Å². The van der Waals surface area contributed by atoms with Crippen LogP contribution in [0.15, 0.2) is 42.6 Å². The number of nitrogens with zero attached hydrogens (tertiary/aromatic N) is 1. The quantitative estimate of drug-likeness (QED) is 0.909. The molecule has 0 aliphatic rings. The Morgan fingerprint density at radius 2 is 1.75 bits per heavy atom. The lowest BCUT2D eigenvalue weighted by Crippen LogP contribution is -2.35. The summed E-state index contributed by atoms with van der Waals surface area (Å²) in [5.41, 5.74) is 2.28. The first kappa shape index (κ1) is 14.5. The first-order chi connectivity index (χ1) is 9.42. The SMILES string of the molecule is Cc1ccc(Oc2ccnc(CNC(C)(C)C)c2)cc1. The Morgan fingerprint density at radius 1 is 1.05 bits per heavy atom. The van der Waals surface area contributed by atoms with E-state index in [4.69, 9.17) is 4.74 Å². The van der Waals surface area contributed by atoms with E-state index in [9.17, 15) is 0 Å². The number of ether oxygens (including phenoxy) is 1. The van der Waals surface area contributed by atoms with Crippen molar-refractivity contribution >= 4 is 0 Å². The summed E-state index contributed by atoms with van der Waals surface area (Å²) in [6.45, 7) is 9.21. The molecule has 2 aromatic rings. The fourth-order valence-electron chi connectivity index (χ4n) is 1.71. The van der Waals surface area contributed by atoms with Crippen molar-refractivity contribution in [2.24, 2.45) is 0 Å². The number of aromatic nitrogens is 1. The van der Waals surface area contributed by atoms with Crippen LogP contribution in [0.1, 0.15) is 32.0 Å². The monoisotopic (exact) mass is 270 g/mol. The van der Waals surface area contributed by atoms with Gasteiger partial charge in [0.15, 0.2) is 0 Å². The molecule has 0 aliphatic carbocycles. The molecule has 0 bridgehead atoms. The average molecular weight is 270 g/mol. The lowest BCUT2D eigenvalue weighted by molar-refractivity contribution is 0.419. The second-order valence-electron chi connectivity index (χ2n) is 6.00. The number of pyridine rings is 1. The molecule has 0 atom stereocenters. The highest BCUT2D eigenvalue weighted by atomic mass is 16.5. The average Bonchev–Trinajstić information content (AvgIpc) is 2.39. The second kappa shape index (κ2) is 6.06. The van der Waals surface area contributed by atoms with Gasteiger partial charge in [-0.25, -0.2) is 0 Å². The van der Waals surface area contributed by atoms with E-state index in [1.54, 1.807) is 6.20 Å². The zero-order chi connectivity index (χ0) is 14.6. The summed E-state index contributed by atoms with van der Waals surface area (Å²) in [6, 6.07) is 11.9. The molecule has 0 saturated heterocycles. The summed E-state index contributed by atoms with van der Waals surface area (Å²) in [5.74, 6) is 1.66. The van der Waals surface area contributed by atoms with E-state index in [1.165, 1.54) is 5.56 Å². The number of benzene rings is 1. The van der Waals surface area contributed by atoms with Crippen molar-refractivity contribution in [3.8, 4) is 11.5 Å². The van der Waals surface area contributed by atoms with Gasteiger partial charge in [0.2, 0.25) is 0 Å². The van der Waals surface area contributed by atoms with Crippen molar-refractivity contribution < 1.29 is 4.74 Å². The van der Waals surface area contributed by atoms with E-state index in [1.807, 2.05) is 36.4 Å². The van der Waals surface area contributed by atoms with Gasteiger partial charge >= 0.3 is 0 Å². The molecule has 20 heavy (non-hydrogen) atoms. The van der Waals surface area contributed by atoms with E-state index in [0.29, 0.717) is 0 Å². The summed E-state index contributed by atoms with van der Waals surface area (Å²) in [7, 11) is 0. The molecule has 0 radical (unpaired) electrons. The molecular weight excluding hydrogens is 248 g/mol. The van der Waals surface area contributed by atoms with Crippen molar-refractivity contribution in [1.29, 1.82) is 0 Å². The van der Waals surface area contributed by atoms with Crippen molar-refractivity contribution in [1.82, 2.24) is 10.3 Å². The number of nitrogens with one attached hydrogen (secondary N) is 1. The van der Waals surface area contributed by atoms with Crippen LogP contribution in [0.4, 0.5) is 0 Å². The number of hydrogen-bond acceptors (Lipinski definition) is 3. The number of aryl methyl sites for hydroxylation is 1. The minimum absolute atomic E-state index is 0.0789. The van der Waals surface area contributed by atoms with Crippen molar-refractivity contribution in [3.05, 3.63) is 53.9 Å². The van der Waals surface area contributed by atoms with Crippen LogP contribution in [0.3, 0.4) is 0 Å². The Kier molecular flexibility index (Phi) is 4.40. The van der Waals surface area contributed by atoms with Crippen molar-refractivity contribution in [2.75, 3.05) is 0 Å². The molecule has 0 amide bonds. The molecule has 1 heterocycles. The lowest BCUT2D eigenvalue weighted by Gasteiger charge is -2.20. The van der Waals surface area contributed by atoms with Crippen LogP contribution in [-0.4, -0.2) is 10.5 Å². The molecule has 0 unspecified atom stereocenters. The molecule has 1 N–H and O–H groups in total. The van der Waals surface area contributed by atoms with Crippen LogP contribution in [0.5, 0.6) is 11.5 Å². The van der Waals surface area contributed by atoms with Crippen LogP contribution < -0.4 is 10.1 Å². The summed E-state index contributed by atoms with van der Waals surface area (Å²) in [6.07, 6.45) is 1.78. The second-order valence-corrected chi connectivity index (χ2v) is 6.00. The topological polar surface area (TPSA) is 34.1 Å². The van der Waals surface area contributed by atoms with Crippen LogP contribution in [0.25, 0.3) is 0 Å². The molecule has 1 aromatic carbocycles. The molecule has 0 saturated carbocycles. The van der Waals surface area contributed by atoms with Gasteiger partial charge in [0.1, 0.15) is 11.5 Å². The standard InChI is InChI=1S/C17H22N2O/c1-13-5-7-15(8-6-13)20-16-9-10-18-14(11-16)12-19-17(2,3)4/h5-11,19H,12H2,1-4H3. The maximum atomic E-state index is 5.84. The van der Waals surface area contributed by atoms with Gasteiger partial charge in [-0.15, -0.1) is 0 Å². The largest absolute Gasteiger partial charge is 0.457 e. The number of hydrogen-bond donors (Lipinski definition) is 1. The van der Waals surface area contributed by atoms with Gasteiger partial charge in [0, 0.05) is 24.3 Å². The third-order valence-corrected chi connectivity index (χ3v) is 2.84. The highest BCUT2D eigenvalue weighted by Crippen LogP contribution is 2.21. The number of rotatable bonds is 4. The van der Waals surface area contributed by atoms with Crippen LogP contribution in [-0.2, 0) is 6.54 Å². The lowest BCUT2D eigenvalue weighted by atomic mass is 10.1. The zero-order valence-electron chi connectivity index (χ0n) is 12.6. The first-order valence-electron chi connectivity index (χ1n) is 6.87. The van der Waals surface area contributed by atoms with Gasteiger partial charge in [0.25, 0.3) is 0 Å². The predicted molar refractivity (Wildman–Crippen MR) is 82.1 cm³/mol. The van der Waals surface area contributed by atoms with E-state index < -0.39 is 0 Å². The van der Waals surface area contributed by atoms with E-state index >= 15 is 0 Å². The van der Waals surface area contributed by atoms with Gasteiger partial charge in [-0.05, 0) is 45.9 Å². The molecule has 3 nitrogen and oxygen atoms in total. The summed E-state index contributed by atoms with van der Waals surface area (Å²) in [5, 5.41) is 3.42. The molecule has 3 heteroatoms. The molecule has 106 valence electrons. The maximum absolute atomic E-state index is 5.84. The third kappa shape index (κ3) is 4.67. The molecule has 1 aromatic heterocycles. The highest BCUT2D eigenvalue weighted by Gasteiger charge is 2.09. The van der Waals surface area contributed by atoms with Gasteiger partial charge < -0.3 is 10.1 Å². The Labute approximate surface area is 121 Å². The zero-order valence-corrected chi connectivity index (χ0v) is 12.6. The summed E-state index contributed by atoms with van der Waals surface area (Å²) >= 11 is 0. The smallest absolute Gasteiger partial charge is 0.130 e. The van der Waals surface area contributed by atoms with Crippen LogP contribution in [0.2, 0.25) is 0 Å². The van der Waals surface area contributed by atoms with Gasteiger partial charge in [-0.2, -0.15) is 0 Å². The Hall–Kier alpha value is -1.87. The van der Waals surface area contributed by atoms with Crippen LogP contribution >= 0.6 is 0 Å². The highest BCUT2D eigenvalue weighted by molar-refractivity contribution is 5.32. The van der Waals surface area contributed by atoms with E-state index in [0.717, 1.165) is 23.7 Å². The summed E-state index contributed by atoms with van der Waals surface area (Å²) < 4.78 is 5.84. The predicted octanol–water partition coefficient (Wildman–Crippen LogP) is 4.07. The maximum Gasteiger partial charge on any atom is 0.130 e. The Bertz CT molecular complexity index is 556. The fraction of sp³-hybridized carbons (Fsp3) is 0.353. The Balaban J connectivity index is 2.04. The minimum atomic E-state index is 0.0789. The molecular formula is C17H22N2O. The van der Waals surface area contributed by atoms with E-state index in [-0.39, 0.29) is 5.54 Å².